The normalized spacial score (nSPS) is 17.0. The van der Waals surface area contributed by atoms with Gasteiger partial charge in [-0.15, -0.1) is 0 Å². The molecule has 0 saturated heterocycles. The van der Waals surface area contributed by atoms with Crippen LogP contribution in [-0.2, 0) is 19.1 Å². The number of allylic oxidation sites excluding steroid dienone is 1. The molecule has 1 aliphatic heterocycles. The van der Waals surface area contributed by atoms with Crippen LogP contribution in [0.3, 0.4) is 0 Å². The van der Waals surface area contributed by atoms with Crippen molar-refractivity contribution in [1.82, 2.24) is 5.32 Å². The van der Waals surface area contributed by atoms with E-state index in [1.54, 1.807) is 32.0 Å². The number of benzene rings is 1. The van der Waals surface area contributed by atoms with Gasteiger partial charge in [-0.25, -0.2) is 9.59 Å². The summed E-state index contributed by atoms with van der Waals surface area (Å²) in [6.45, 7) is 3.57. The molecule has 1 aliphatic rings. The number of nitrogens with one attached hydrogen (secondary N) is 1. The Hall–Kier alpha value is -1.98. The molecule has 1 heterocycles. The van der Waals surface area contributed by atoms with Gasteiger partial charge < -0.3 is 14.8 Å². The van der Waals surface area contributed by atoms with Gasteiger partial charge in [-0.1, -0.05) is 35.3 Å². The number of methoxy groups -OCH3 is 1. The molecule has 0 amide bonds. The number of carbonyl (C=O) groups excluding carboxylic acids is 2. The van der Waals surface area contributed by atoms with Gasteiger partial charge in [-0.3, -0.25) is 0 Å². The number of dihydropyridines is 1. The average molecular weight is 369 g/mol. The van der Waals surface area contributed by atoms with Crippen LogP contribution in [0.15, 0.2) is 35.0 Å². The molecule has 1 atom stereocenters. The van der Waals surface area contributed by atoms with Crippen LogP contribution in [-0.4, -0.2) is 25.7 Å². The molecule has 1 unspecified atom stereocenters. The zero-order valence-corrected chi connectivity index (χ0v) is 14.9. The molecular formula is C17H16Cl2NO4. The predicted molar refractivity (Wildman–Crippen MR) is 90.4 cm³/mol. The van der Waals surface area contributed by atoms with E-state index >= 15 is 0 Å². The number of halogens is 2. The van der Waals surface area contributed by atoms with Crippen LogP contribution in [0.1, 0.15) is 25.3 Å². The van der Waals surface area contributed by atoms with Gasteiger partial charge in [0.05, 0.1) is 47.0 Å². The van der Waals surface area contributed by atoms with Gasteiger partial charge in [0, 0.05) is 5.70 Å². The monoisotopic (exact) mass is 368 g/mol. The summed E-state index contributed by atoms with van der Waals surface area (Å²) in [5.74, 6) is -1.96. The maximum absolute atomic E-state index is 12.3. The minimum Gasteiger partial charge on any atom is -0.466 e. The molecule has 0 bridgehead atoms. The lowest BCUT2D eigenvalue weighted by Crippen LogP contribution is -2.30. The van der Waals surface area contributed by atoms with E-state index in [1.165, 1.54) is 7.11 Å². The van der Waals surface area contributed by atoms with Crippen molar-refractivity contribution < 1.29 is 19.1 Å². The molecule has 0 fully saturated rings. The molecule has 24 heavy (non-hydrogen) atoms. The molecule has 1 aromatic rings. The van der Waals surface area contributed by atoms with Gasteiger partial charge in [-0.2, -0.15) is 0 Å². The maximum Gasteiger partial charge on any atom is 0.337 e. The molecule has 0 aromatic heterocycles. The second kappa shape index (κ2) is 7.73. The summed E-state index contributed by atoms with van der Waals surface area (Å²) in [6.07, 6.45) is 2.78. The number of esters is 2. The number of hydrogen-bond donors (Lipinski definition) is 1. The third-order valence-electron chi connectivity index (χ3n) is 3.56. The Labute approximate surface area is 150 Å². The molecule has 1 N–H and O–H groups in total. The van der Waals surface area contributed by atoms with E-state index in [2.05, 4.69) is 11.5 Å². The molecule has 0 saturated carbocycles. The van der Waals surface area contributed by atoms with Crippen LogP contribution in [0.4, 0.5) is 0 Å². The van der Waals surface area contributed by atoms with Crippen molar-refractivity contribution >= 4 is 35.1 Å². The third kappa shape index (κ3) is 3.42. The standard InChI is InChI=1S/C17H16Cl2NO4/c1-4-24-16(21)11-8-20-9(2)13(17(22)23-3)14(11)10-6-5-7-12(18)15(10)19/h5-7,14,20H,4H2,1-3H3. The van der Waals surface area contributed by atoms with E-state index < -0.39 is 17.9 Å². The zero-order chi connectivity index (χ0) is 17.9. The second-order valence-electron chi connectivity index (χ2n) is 4.99. The Morgan fingerprint density at radius 1 is 1.29 bits per heavy atom. The van der Waals surface area contributed by atoms with Crippen LogP contribution in [0.25, 0.3) is 0 Å². The third-order valence-corrected chi connectivity index (χ3v) is 4.39. The Morgan fingerprint density at radius 3 is 2.62 bits per heavy atom. The first kappa shape index (κ1) is 18.4. The van der Waals surface area contributed by atoms with Gasteiger partial charge >= 0.3 is 11.9 Å². The predicted octanol–water partition coefficient (Wildman–Crippen LogP) is 3.38. The summed E-state index contributed by atoms with van der Waals surface area (Å²) < 4.78 is 9.93. The maximum atomic E-state index is 12.3. The number of rotatable bonds is 4. The fourth-order valence-corrected chi connectivity index (χ4v) is 2.89. The number of hydrogen-bond acceptors (Lipinski definition) is 5. The lowest BCUT2D eigenvalue weighted by Gasteiger charge is -2.27. The molecule has 0 spiro atoms. The van der Waals surface area contributed by atoms with Crippen LogP contribution in [0, 0.1) is 6.20 Å². The van der Waals surface area contributed by atoms with Crippen LogP contribution in [0.5, 0.6) is 0 Å². The van der Waals surface area contributed by atoms with E-state index in [1.807, 2.05) is 0 Å². The summed E-state index contributed by atoms with van der Waals surface area (Å²) in [5, 5.41) is 3.36. The Morgan fingerprint density at radius 2 is 2.00 bits per heavy atom. The zero-order valence-electron chi connectivity index (χ0n) is 13.4. The highest BCUT2D eigenvalue weighted by Crippen LogP contribution is 2.41. The van der Waals surface area contributed by atoms with E-state index in [4.69, 9.17) is 32.7 Å². The number of ether oxygens (including phenoxy) is 2. The highest BCUT2D eigenvalue weighted by molar-refractivity contribution is 6.42. The highest BCUT2D eigenvalue weighted by Gasteiger charge is 2.37. The van der Waals surface area contributed by atoms with Gasteiger partial charge in [-0.05, 0) is 25.5 Å². The topological polar surface area (TPSA) is 64.6 Å². The first-order chi connectivity index (χ1) is 11.4. The van der Waals surface area contributed by atoms with E-state index in [0.717, 1.165) is 0 Å². The summed E-state index contributed by atoms with van der Waals surface area (Å²) in [5.41, 5.74) is 1.40. The second-order valence-corrected chi connectivity index (χ2v) is 5.78. The quantitative estimate of drug-likeness (QED) is 0.825. The lowest BCUT2D eigenvalue weighted by atomic mass is 9.82. The van der Waals surface area contributed by atoms with E-state index in [-0.39, 0.29) is 22.8 Å². The number of carbonyl (C=O) groups is 2. The van der Waals surface area contributed by atoms with Gasteiger partial charge in [0.1, 0.15) is 0 Å². The van der Waals surface area contributed by atoms with E-state index in [0.29, 0.717) is 16.3 Å². The van der Waals surface area contributed by atoms with Gasteiger partial charge in [0.15, 0.2) is 0 Å². The molecule has 2 rings (SSSR count). The summed E-state index contributed by atoms with van der Waals surface area (Å²) >= 11 is 12.4. The summed E-state index contributed by atoms with van der Waals surface area (Å²) in [4.78, 5) is 24.6. The molecule has 0 aliphatic carbocycles. The Balaban J connectivity index is 2.65. The smallest absolute Gasteiger partial charge is 0.337 e. The molecule has 1 radical (unpaired) electrons. The minimum atomic E-state index is -0.788. The van der Waals surface area contributed by atoms with Crippen molar-refractivity contribution in [1.29, 1.82) is 0 Å². The largest absolute Gasteiger partial charge is 0.466 e. The highest BCUT2D eigenvalue weighted by atomic mass is 35.5. The summed E-state index contributed by atoms with van der Waals surface area (Å²) in [7, 11) is 1.27. The van der Waals surface area contributed by atoms with Crippen molar-refractivity contribution in [2.24, 2.45) is 0 Å². The van der Waals surface area contributed by atoms with Gasteiger partial charge in [0.25, 0.3) is 0 Å². The molecule has 5 nitrogen and oxygen atoms in total. The molecule has 127 valence electrons. The fraction of sp³-hybridized carbons (Fsp3) is 0.294. The lowest BCUT2D eigenvalue weighted by molar-refractivity contribution is -0.139. The Kier molecular flexibility index (Phi) is 5.91. The summed E-state index contributed by atoms with van der Waals surface area (Å²) in [6, 6.07) is 5.01. The van der Waals surface area contributed by atoms with Crippen molar-refractivity contribution in [3.8, 4) is 0 Å². The minimum absolute atomic E-state index is 0.131. The SMILES string of the molecule is CCOC(=O)C1=[C]NC(C)=C(C(=O)OC)C1c1cccc(Cl)c1Cl. The van der Waals surface area contributed by atoms with Gasteiger partial charge in [0.2, 0.25) is 0 Å². The van der Waals surface area contributed by atoms with Crippen molar-refractivity contribution in [3.05, 3.63) is 56.9 Å². The molecular weight excluding hydrogens is 353 g/mol. The van der Waals surface area contributed by atoms with Crippen molar-refractivity contribution in [3.63, 3.8) is 0 Å². The molecule has 1 aromatic carbocycles. The first-order valence-electron chi connectivity index (χ1n) is 7.21. The van der Waals surface area contributed by atoms with Crippen LogP contribution >= 0.6 is 23.2 Å². The fourth-order valence-electron chi connectivity index (χ4n) is 2.47. The average Bonchev–Trinajstić information content (AvgIpc) is 2.56. The van der Waals surface area contributed by atoms with Crippen LogP contribution < -0.4 is 5.32 Å². The van der Waals surface area contributed by atoms with Crippen LogP contribution in [0.2, 0.25) is 10.0 Å². The van der Waals surface area contributed by atoms with E-state index in [9.17, 15) is 9.59 Å². The Bertz CT molecular complexity index is 740. The molecule has 7 heteroatoms. The van der Waals surface area contributed by atoms with Crippen molar-refractivity contribution in [2.75, 3.05) is 13.7 Å². The first-order valence-corrected chi connectivity index (χ1v) is 7.96. The van der Waals surface area contributed by atoms with Crippen molar-refractivity contribution in [2.45, 2.75) is 19.8 Å².